The highest BCUT2D eigenvalue weighted by Crippen LogP contribution is 2.19. The molecule has 1 saturated carbocycles. The van der Waals surface area contributed by atoms with Crippen molar-refractivity contribution >= 4 is 5.91 Å². The molecule has 1 aromatic carbocycles. The first-order valence-corrected chi connectivity index (χ1v) is 6.07. The summed E-state index contributed by atoms with van der Waals surface area (Å²) in [5, 5.41) is 12.1. The molecule has 1 aliphatic carbocycles. The number of hydrogen-bond donors (Lipinski definition) is 3. The third-order valence-corrected chi connectivity index (χ3v) is 2.88. The Morgan fingerprint density at radius 2 is 2.11 bits per heavy atom. The van der Waals surface area contributed by atoms with Gasteiger partial charge in [-0.3, -0.25) is 4.79 Å². The summed E-state index contributed by atoms with van der Waals surface area (Å²) < 4.78 is 5.51. The molecule has 0 aliphatic heterocycles. The average molecular weight is 250 g/mol. The normalized spacial score (nSPS) is 16.3. The summed E-state index contributed by atoms with van der Waals surface area (Å²) in [6.07, 6.45) is 2.18. The molecule has 1 atom stereocenters. The second-order valence-corrected chi connectivity index (χ2v) is 4.51. The molecule has 0 spiro atoms. The number of nitrogens with two attached hydrogens (primary N) is 1. The molecule has 5 heteroatoms. The highest BCUT2D eigenvalue weighted by Gasteiger charge is 2.27. The Morgan fingerprint density at radius 3 is 2.61 bits per heavy atom. The Kier molecular flexibility index (Phi) is 4.17. The molecule has 4 N–H and O–H groups in total. The van der Waals surface area contributed by atoms with E-state index in [9.17, 15) is 4.79 Å². The number of carbonyl (C=O) groups is 1. The van der Waals surface area contributed by atoms with Crippen molar-refractivity contribution in [2.75, 3.05) is 6.61 Å². The maximum absolute atomic E-state index is 11.2. The van der Waals surface area contributed by atoms with Crippen molar-refractivity contribution in [2.24, 2.45) is 5.73 Å². The minimum Gasteiger partial charge on any atom is -0.491 e. The number of primary amides is 1. The second-order valence-electron chi connectivity index (χ2n) is 4.51. The van der Waals surface area contributed by atoms with Crippen LogP contribution in [0.15, 0.2) is 24.3 Å². The molecular weight excluding hydrogens is 232 g/mol. The Hall–Kier alpha value is -1.59. The maximum Gasteiger partial charge on any atom is 0.238 e. The summed E-state index contributed by atoms with van der Waals surface area (Å²) in [4.78, 5) is 11.2. The topological polar surface area (TPSA) is 84.6 Å². The number of aliphatic hydroxyl groups is 1. The van der Waals surface area contributed by atoms with E-state index < -0.39 is 11.9 Å². The van der Waals surface area contributed by atoms with Crippen molar-refractivity contribution < 1.29 is 14.6 Å². The van der Waals surface area contributed by atoms with Gasteiger partial charge < -0.3 is 20.9 Å². The third kappa shape index (κ3) is 3.72. The molecule has 1 unspecified atom stereocenters. The molecule has 98 valence electrons. The fourth-order valence-corrected chi connectivity index (χ4v) is 1.62. The lowest BCUT2D eigenvalue weighted by Gasteiger charge is -2.16. The first-order valence-electron chi connectivity index (χ1n) is 6.07. The van der Waals surface area contributed by atoms with E-state index in [1.165, 1.54) is 0 Å². The zero-order chi connectivity index (χ0) is 13.0. The van der Waals surface area contributed by atoms with Crippen molar-refractivity contribution in [3.63, 3.8) is 0 Å². The van der Waals surface area contributed by atoms with E-state index in [0.717, 1.165) is 18.4 Å². The standard InChI is InChI=1S/C13H18N2O3/c14-13(17)12(15-10-3-4-10)8-18-11-5-1-9(7-16)2-6-11/h1-2,5-6,10,12,15-16H,3-4,7-8H2,(H2,14,17). The van der Waals surface area contributed by atoms with Crippen LogP contribution in [-0.4, -0.2) is 29.7 Å². The zero-order valence-corrected chi connectivity index (χ0v) is 10.1. The summed E-state index contributed by atoms with van der Waals surface area (Å²) in [5.74, 6) is 0.268. The van der Waals surface area contributed by atoms with Gasteiger partial charge in [0.1, 0.15) is 18.4 Å². The summed E-state index contributed by atoms with van der Waals surface area (Å²) in [6, 6.07) is 7.05. The number of aliphatic hydroxyl groups excluding tert-OH is 1. The van der Waals surface area contributed by atoms with Gasteiger partial charge in [-0.1, -0.05) is 12.1 Å². The lowest BCUT2D eigenvalue weighted by atomic mass is 10.2. The van der Waals surface area contributed by atoms with E-state index >= 15 is 0 Å². The van der Waals surface area contributed by atoms with E-state index in [4.69, 9.17) is 15.6 Å². The fourth-order valence-electron chi connectivity index (χ4n) is 1.62. The van der Waals surface area contributed by atoms with Crippen LogP contribution in [0.5, 0.6) is 5.75 Å². The van der Waals surface area contributed by atoms with Gasteiger partial charge in [0, 0.05) is 6.04 Å². The van der Waals surface area contributed by atoms with Crippen molar-refractivity contribution in [1.29, 1.82) is 0 Å². The molecule has 0 aromatic heterocycles. The first kappa shape index (κ1) is 12.9. The number of amides is 1. The number of rotatable bonds is 7. The summed E-state index contributed by atoms with van der Waals surface area (Å²) in [5.41, 5.74) is 6.13. The highest BCUT2D eigenvalue weighted by atomic mass is 16.5. The van der Waals surface area contributed by atoms with E-state index in [-0.39, 0.29) is 13.2 Å². The SMILES string of the molecule is NC(=O)C(COc1ccc(CO)cc1)NC1CC1. The molecule has 0 heterocycles. The highest BCUT2D eigenvalue weighted by molar-refractivity contribution is 5.80. The molecule has 1 aliphatic rings. The van der Waals surface area contributed by atoms with Gasteiger partial charge >= 0.3 is 0 Å². The van der Waals surface area contributed by atoms with Gasteiger partial charge in [-0.15, -0.1) is 0 Å². The fraction of sp³-hybridized carbons (Fsp3) is 0.462. The zero-order valence-electron chi connectivity index (χ0n) is 10.1. The van der Waals surface area contributed by atoms with E-state index in [0.29, 0.717) is 11.8 Å². The van der Waals surface area contributed by atoms with Crippen LogP contribution in [-0.2, 0) is 11.4 Å². The summed E-state index contributed by atoms with van der Waals surface area (Å²) >= 11 is 0. The first-order chi connectivity index (χ1) is 8.69. The molecule has 0 radical (unpaired) electrons. The van der Waals surface area contributed by atoms with Crippen LogP contribution in [0.3, 0.4) is 0 Å². The smallest absolute Gasteiger partial charge is 0.238 e. The van der Waals surface area contributed by atoms with Crippen LogP contribution < -0.4 is 15.8 Å². The van der Waals surface area contributed by atoms with Crippen LogP contribution >= 0.6 is 0 Å². The maximum atomic E-state index is 11.2. The van der Waals surface area contributed by atoms with Gasteiger partial charge in [0.25, 0.3) is 0 Å². The molecule has 1 amide bonds. The van der Waals surface area contributed by atoms with Crippen LogP contribution in [0, 0.1) is 0 Å². The van der Waals surface area contributed by atoms with Crippen molar-refractivity contribution in [1.82, 2.24) is 5.32 Å². The Bertz CT molecular complexity index is 401. The van der Waals surface area contributed by atoms with Crippen LogP contribution in [0.4, 0.5) is 0 Å². The molecule has 0 saturated heterocycles. The number of nitrogens with one attached hydrogen (secondary N) is 1. The van der Waals surface area contributed by atoms with Gasteiger partial charge in [0.2, 0.25) is 5.91 Å². The molecular formula is C13H18N2O3. The summed E-state index contributed by atoms with van der Waals surface area (Å²) in [6.45, 7) is 0.234. The van der Waals surface area contributed by atoms with Crippen molar-refractivity contribution in [2.45, 2.75) is 31.5 Å². The quantitative estimate of drug-likeness (QED) is 0.643. The van der Waals surface area contributed by atoms with Crippen LogP contribution in [0.1, 0.15) is 18.4 Å². The Morgan fingerprint density at radius 1 is 1.44 bits per heavy atom. The van der Waals surface area contributed by atoms with Crippen LogP contribution in [0.2, 0.25) is 0 Å². The number of carbonyl (C=O) groups excluding carboxylic acids is 1. The molecule has 0 bridgehead atoms. The van der Waals surface area contributed by atoms with E-state index in [2.05, 4.69) is 5.32 Å². The molecule has 2 rings (SSSR count). The molecule has 1 aromatic rings. The molecule has 5 nitrogen and oxygen atoms in total. The van der Waals surface area contributed by atoms with Crippen molar-refractivity contribution in [3.8, 4) is 5.75 Å². The molecule has 1 fully saturated rings. The second kappa shape index (κ2) is 5.84. The summed E-state index contributed by atoms with van der Waals surface area (Å²) in [7, 11) is 0. The Labute approximate surface area is 106 Å². The van der Waals surface area contributed by atoms with Gasteiger partial charge in [0.05, 0.1) is 6.61 Å². The van der Waals surface area contributed by atoms with E-state index in [1.807, 2.05) is 0 Å². The Balaban J connectivity index is 1.85. The monoisotopic (exact) mass is 250 g/mol. The van der Waals surface area contributed by atoms with Gasteiger partial charge in [-0.05, 0) is 30.5 Å². The van der Waals surface area contributed by atoms with Crippen LogP contribution in [0.25, 0.3) is 0 Å². The van der Waals surface area contributed by atoms with E-state index in [1.54, 1.807) is 24.3 Å². The van der Waals surface area contributed by atoms with Gasteiger partial charge in [-0.25, -0.2) is 0 Å². The number of ether oxygens (including phenoxy) is 1. The lowest BCUT2D eigenvalue weighted by molar-refractivity contribution is -0.120. The van der Waals surface area contributed by atoms with Crippen molar-refractivity contribution in [3.05, 3.63) is 29.8 Å². The van der Waals surface area contributed by atoms with Gasteiger partial charge in [-0.2, -0.15) is 0 Å². The third-order valence-electron chi connectivity index (χ3n) is 2.88. The predicted molar refractivity (Wildman–Crippen MR) is 67.0 cm³/mol. The largest absolute Gasteiger partial charge is 0.491 e. The predicted octanol–water partition coefficient (Wildman–Crippen LogP) is 0.164. The molecule has 18 heavy (non-hydrogen) atoms. The minimum absolute atomic E-state index is 0.00737. The van der Waals surface area contributed by atoms with Gasteiger partial charge in [0.15, 0.2) is 0 Å². The lowest BCUT2D eigenvalue weighted by Crippen LogP contribution is -2.46. The number of hydrogen-bond acceptors (Lipinski definition) is 4. The number of benzene rings is 1. The minimum atomic E-state index is -0.449. The average Bonchev–Trinajstić information content (AvgIpc) is 3.18.